The van der Waals surface area contributed by atoms with Crippen LogP contribution in [0.1, 0.15) is 61.7 Å². The molecule has 1 aromatic heterocycles. The minimum absolute atomic E-state index is 0.128. The van der Waals surface area contributed by atoms with Crippen LogP contribution in [-0.2, 0) is 15.0 Å². The highest BCUT2D eigenvalue weighted by atomic mass is 32.1. The molecule has 0 spiro atoms. The number of methoxy groups -OCH3 is 1. The first-order valence-corrected chi connectivity index (χ1v) is 11.0. The van der Waals surface area contributed by atoms with E-state index in [9.17, 15) is 14.7 Å². The number of Topliss-reactive ketones (excluding diaryl/α,β-unsaturated/α-hetero) is 1. The molecule has 1 N–H and O–H groups in total. The van der Waals surface area contributed by atoms with Crippen molar-refractivity contribution >= 4 is 28.8 Å². The zero-order valence-electron chi connectivity index (χ0n) is 18.4. The third kappa shape index (κ3) is 3.76. The van der Waals surface area contributed by atoms with Gasteiger partial charge < -0.3 is 14.7 Å². The molecule has 1 aromatic carbocycles. The Labute approximate surface area is 182 Å². The number of benzene rings is 1. The summed E-state index contributed by atoms with van der Waals surface area (Å²) in [5, 5.41) is 13.3. The van der Waals surface area contributed by atoms with Gasteiger partial charge in [-0.25, -0.2) is 0 Å². The lowest BCUT2D eigenvalue weighted by atomic mass is 9.85. The van der Waals surface area contributed by atoms with E-state index in [0.29, 0.717) is 17.9 Å². The average molecular weight is 428 g/mol. The number of thiophene rings is 1. The first-order valence-electron chi connectivity index (χ1n) is 10.1. The number of carbonyl (C=O) groups is 2. The molecule has 30 heavy (non-hydrogen) atoms. The van der Waals surface area contributed by atoms with Crippen LogP contribution >= 0.6 is 11.3 Å². The van der Waals surface area contributed by atoms with Gasteiger partial charge in [0.05, 0.1) is 24.3 Å². The Morgan fingerprint density at radius 1 is 1.23 bits per heavy atom. The highest BCUT2D eigenvalue weighted by Crippen LogP contribution is 2.44. The molecule has 1 fully saturated rings. The maximum absolute atomic E-state index is 13.1. The number of ether oxygens (including phenoxy) is 1. The van der Waals surface area contributed by atoms with Crippen molar-refractivity contribution in [2.75, 3.05) is 13.7 Å². The number of rotatable bonds is 5. The van der Waals surface area contributed by atoms with Gasteiger partial charge in [0.1, 0.15) is 11.5 Å². The van der Waals surface area contributed by atoms with Gasteiger partial charge in [-0.2, -0.15) is 0 Å². The van der Waals surface area contributed by atoms with Gasteiger partial charge in [0, 0.05) is 11.4 Å². The fourth-order valence-corrected chi connectivity index (χ4v) is 4.84. The summed E-state index contributed by atoms with van der Waals surface area (Å²) in [5.74, 6) is -0.944. The summed E-state index contributed by atoms with van der Waals surface area (Å²) in [6.07, 6.45) is 0.719. The van der Waals surface area contributed by atoms with E-state index in [-0.39, 0.29) is 16.7 Å². The quantitative estimate of drug-likeness (QED) is 0.405. The number of carbonyl (C=O) groups excluding carboxylic acids is 2. The first-order chi connectivity index (χ1) is 14.1. The number of likely N-dealkylation sites (tertiary alicyclic amines) is 1. The highest BCUT2D eigenvalue weighted by Gasteiger charge is 2.47. The van der Waals surface area contributed by atoms with Crippen LogP contribution in [0.4, 0.5) is 0 Å². The zero-order valence-corrected chi connectivity index (χ0v) is 19.2. The Morgan fingerprint density at radius 2 is 1.93 bits per heavy atom. The summed E-state index contributed by atoms with van der Waals surface area (Å²) in [6.45, 7) is 10.6. The van der Waals surface area contributed by atoms with Crippen molar-refractivity contribution in [1.29, 1.82) is 0 Å². The van der Waals surface area contributed by atoms with Gasteiger partial charge in [-0.3, -0.25) is 9.59 Å². The lowest BCUT2D eigenvalue weighted by Gasteiger charge is -2.25. The zero-order chi connectivity index (χ0) is 22.2. The fourth-order valence-electron chi connectivity index (χ4n) is 3.79. The fraction of sp³-hybridized carbons (Fsp3) is 0.417. The minimum atomic E-state index is -0.651. The molecule has 1 unspecified atom stereocenters. The van der Waals surface area contributed by atoms with Gasteiger partial charge in [0.25, 0.3) is 11.7 Å². The molecule has 1 aliphatic heterocycles. The molecule has 160 valence electrons. The number of aryl methyl sites for hydroxylation is 1. The van der Waals surface area contributed by atoms with Crippen molar-refractivity contribution in [3.63, 3.8) is 0 Å². The monoisotopic (exact) mass is 427 g/mol. The Morgan fingerprint density at radius 3 is 2.47 bits per heavy atom. The molecule has 0 radical (unpaired) electrons. The molecule has 2 aromatic rings. The lowest BCUT2D eigenvalue weighted by Crippen LogP contribution is -2.30. The van der Waals surface area contributed by atoms with E-state index in [1.54, 1.807) is 11.0 Å². The van der Waals surface area contributed by atoms with Crippen molar-refractivity contribution in [3.05, 3.63) is 56.8 Å². The number of hydrogen-bond acceptors (Lipinski definition) is 5. The van der Waals surface area contributed by atoms with Gasteiger partial charge in [0.2, 0.25) is 0 Å². The van der Waals surface area contributed by atoms with E-state index < -0.39 is 17.7 Å². The minimum Gasteiger partial charge on any atom is -0.507 e. The molecule has 0 aliphatic carbocycles. The van der Waals surface area contributed by atoms with Gasteiger partial charge in [0.15, 0.2) is 0 Å². The molecule has 1 aliphatic rings. The normalized spacial score (nSPS) is 18.9. The number of hydrogen-bond donors (Lipinski definition) is 1. The summed E-state index contributed by atoms with van der Waals surface area (Å²) in [7, 11) is 1.53. The number of nitrogens with zero attached hydrogens (tertiary/aromatic N) is 1. The third-order valence-corrected chi connectivity index (χ3v) is 6.55. The second kappa shape index (κ2) is 8.26. The van der Waals surface area contributed by atoms with Crippen LogP contribution in [0, 0.1) is 6.92 Å². The van der Waals surface area contributed by atoms with E-state index in [1.807, 2.05) is 37.4 Å². The van der Waals surface area contributed by atoms with Gasteiger partial charge in [-0.1, -0.05) is 33.8 Å². The smallest absolute Gasteiger partial charge is 0.295 e. The molecule has 0 bridgehead atoms. The van der Waals surface area contributed by atoms with Crippen LogP contribution in [-0.4, -0.2) is 35.4 Å². The van der Waals surface area contributed by atoms with Gasteiger partial charge >= 0.3 is 0 Å². The summed E-state index contributed by atoms with van der Waals surface area (Å²) in [4.78, 5) is 28.4. The first kappa shape index (κ1) is 22.1. The predicted octanol–water partition coefficient (Wildman–Crippen LogP) is 5.19. The van der Waals surface area contributed by atoms with E-state index in [1.165, 1.54) is 18.4 Å². The van der Waals surface area contributed by atoms with Gasteiger partial charge in [-0.05, 0) is 53.5 Å². The second-order valence-electron chi connectivity index (χ2n) is 8.63. The van der Waals surface area contributed by atoms with E-state index in [2.05, 4.69) is 20.8 Å². The molecular formula is C24H29NO4S. The molecule has 6 heteroatoms. The Balaban J connectivity index is 2.28. The van der Waals surface area contributed by atoms with Crippen LogP contribution in [0.25, 0.3) is 5.76 Å². The van der Waals surface area contributed by atoms with Crippen LogP contribution in [0.5, 0.6) is 5.75 Å². The molecule has 3 rings (SSSR count). The van der Waals surface area contributed by atoms with E-state index >= 15 is 0 Å². The Bertz CT molecular complexity index is 1010. The van der Waals surface area contributed by atoms with Crippen molar-refractivity contribution in [2.24, 2.45) is 0 Å². The Hall–Kier alpha value is -2.60. The standard InChI is InChI=1S/C24H29NO4S/c1-7-11-25-19(22-14(2)10-12-30-22)18(21(27)23(25)28)20(26)16-13-15(24(3,4)5)8-9-17(16)29-6/h8-10,12-13,19,26H,7,11H2,1-6H3/b20-18+. The lowest BCUT2D eigenvalue weighted by molar-refractivity contribution is -0.139. The van der Waals surface area contributed by atoms with E-state index in [4.69, 9.17) is 4.74 Å². The third-order valence-electron chi connectivity index (χ3n) is 5.48. The van der Waals surface area contributed by atoms with Crippen molar-refractivity contribution in [1.82, 2.24) is 4.90 Å². The summed E-state index contributed by atoms with van der Waals surface area (Å²) < 4.78 is 5.48. The molecule has 5 nitrogen and oxygen atoms in total. The van der Waals surface area contributed by atoms with Gasteiger partial charge in [-0.15, -0.1) is 11.3 Å². The molecule has 1 amide bonds. The van der Waals surface area contributed by atoms with Crippen molar-refractivity contribution in [2.45, 2.75) is 52.5 Å². The Kier molecular flexibility index (Phi) is 6.09. The molecule has 1 saturated heterocycles. The van der Waals surface area contributed by atoms with Crippen LogP contribution in [0.2, 0.25) is 0 Å². The number of aliphatic hydroxyl groups excluding tert-OH is 1. The number of aliphatic hydroxyl groups is 1. The molecule has 1 atom stereocenters. The molecule has 2 heterocycles. The summed E-state index contributed by atoms with van der Waals surface area (Å²) in [5.41, 5.74) is 2.40. The molecular weight excluding hydrogens is 398 g/mol. The van der Waals surface area contributed by atoms with E-state index in [0.717, 1.165) is 22.4 Å². The summed E-state index contributed by atoms with van der Waals surface area (Å²) in [6, 6.07) is 6.97. The number of amides is 1. The van der Waals surface area contributed by atoms with Crippen molar-refractivity contribution in [3.8, 4) is 5.75 Å². The SMILES string of the molecule is CCCN1C(=O)C(=O)/C(=C(/O)c2cc(C(C)(C)C)ccc2OC)C1c1sccc1C. The summed E-state index contributed by atoms with van der Waals surface area (Å²) >= 11 is 1.49. The average Bonchev–Trinajstić information content (AvgIpc) is 3.22. The highest BCUT2D eigenvalue weighted by molar-refractivity contribution is 7.10. The van der Waals surface area contributed by atoms with Crippen LogP contribution in [0.15, 0.2) is 35.2 Å². The van der Waals surface area contributed by atoms with Crippen LogP contribution in [0.3, 0.4) is 0 Å². The second-order valence-corrected chi connectivity index (χ2v) is 9.57. The number of ketones is 1. The predicted molar refractivity (Wildman–Crippen MR) is 120 cm³/mol. The largest absolute Gasteiger partial charge is 0.507 e. The maximum Gasteiger partial charge on any atom is 0.295 e. The van der Waals surface area contributed by atoms with Crippen LogP contribution < -0.4 is 4.74 Å². The maximum atomic E-state index is 13.1. The topological polar surface area (TPSA) is 66.8 Å². The molecule has 0 saturated carbocycles. The van der Waals surface area contributed by atoms with Crippen molar-refractivity contribution < 1.29 is 19.4 Å².